The fourth-order valence-electron chi connectivity index (χ4n) is 1.71. The maximum Gasteiger partial charge on any atom is 0.131 e. The van der Waals surface area contributed by atoms with E-state index in [9.17, 15) is 0 Å². The molecule has 0 aliphatic heterocycles. The fourth-order valence-corrected chi connectivity index (χ4v) is 1.92. The van der Waals surface area contributed by atoms with Gasteiger partial charge < -0.3 is 10.1 Å². The highest BCUT2D eigenvalue weighted by atomic mass is 35.5. The van der Waals surface area contributed by atoms with Gasteiger partial charge >= 0.3 is 0 Å². The predicted molar refractivity (Wildman–Crippen MR) is 73.3 cm³/mol. The summed E-state index contributed by atoms with van der Waals surface area (Å²) in [5, 5.41) is 7.97. The van der Waals surface area contributed by atoms with Gasteiger partial charge in [-0.1, -0.05) is 11.6 Å². The van der Waals surface area contributed by atoms with Crippen LogP contribution in [0.3, 0.4) is 0 Å². The number of hydrogen-bond acceptors (Lipinski definition) is 3. The average Bonchev–Trinajstić information content (AvgIpc) is 2.62. The summed E-state index contributed by atoms with van der Waals surface area (Å²) in [6.45, 7) is 2.29. The summed E-state index contributed by atoms with van der Waals surface area (Å²) in [5.41, 5.74) is 2.76. The molecule has 0 unspecified atom stereocenters. The number of aromatic nitrogens is 2. The molecule has 1 aromatic carbocycles. The lowest BCUT2D eigenvalue weighted by atomic mass is 10.3. The predicted octanol–water partition coefficient (Wildman–Crippen LogP) is 3.00. The highest BCUT2D eigenvalue weighted by Gasteiger charge is 2.11. The number of nitrogens with one attached hydrogen (secondary N) is 1. The van der Waals surface area contributed by atoms with E-state index in [1.54, 1.807) is 4.68 Å². The molecule has 2 rings (SSSR count). The lowest BCUT2D eigenvalue weighted by Crippen LogP contribution is -2.03. The standard InChI is InChI=1S/C13H16ClN3O/c1-9-13(14)12(17(3)16-9)8-18-11-6-4-10(15-2)5-7-11/h4-7,15H,8H2,1-3H3. The summed E-state index contributed by atoms with van der Waals surface area (Å²) in [7, 11) is 3.75. The van der Waals surface area contributed by atoms with E-state index >= 15 is 0 Å². The Morgan fingerprint density at radius 3 is 2.50 bits per heavy atom. The largest absolute Gasteiger partial charge is 0.487 e. The average molecular weight is 266 g/mol. The maximum absolute atomic E-state index is 6.15. The molecule has 0 saturated carbocycles. The molecule has 0 bridgehead atoms. The Hall–Kier alpha value is -1.68. The van der Waals surface area contributed by atoms with Crippen LogP contribution in [0.2, 0.25) is 5.02 Å². The molecule has 1 aromatic heterocycles. The minimum Gasteiger partial charge on any atom is -0.487 e. The number of anilines is 1. The molecule has 0 amide bonds. The monoisotopic (exact) mass is 265 g/mol. The van der Waals surface area contributed by atoms with Crippen LogP contribution in [-0.2, 0) is 13.7 Å². The lowest BCUT2D eigenvalue weighted by molar-refractivity contribution is 0.295. The molecule has 0 radical (unpaired) electrons. The molecule has 1 heterocycles. The number of nitrogens with zero attached hydrogens (tertiary/aromatic N) is 2. The van der Waals surface area contributed by atoms with E-state index in [0.717, 1.165) is 22.8 Å². The van der Waals surface area contributed by atoms with Gasteiger partial charge in [-0.3, -0.25) is 4.68 Å². The number of ether oxygens (including phenoxy) is 1. The van der Waals surface area contributed by atoms with Crippen LogP contribution in [0.5, 0.6) is 5.75 Å². The van der Waals surface area contributed by atoms with Crippen LogP contribution in [-0.4, -0.2) is 16.8 Å². The van der Waals surface area contributed by atoms with Gasteiger partial charge in [-0.2, -0.15) is 5.10 Å². The number of benzene rings is 1. The van der Waals surface area contributed by atoms with Crippen molar-refractivity contribution in [3.8, 4) is 5.75 Å². The molecule has 18 heavy (non-hydrogen) atoms. The van der Waals surface area contributed by atoms with Crippen molar-refractivity contribution in [2.24, 2.45) is 7.05 Å². The highest BCUT2D eigenvalue weighted by molar-refractivity contribution is 6.31. The van der Waals surface area contributed by atoms with Gasteiger partial charge in [0.15, 0.2) is 0 Å². The summed E-state index contributed by atoms with van der Waals surface area (Å²) in [4.78, 5) is 0. The molecule has 0 spiro atoms. The first kappa shape index (κ1) is 12.8. The molecule has 0 aliphatic rings. The molecule has 0 aliphatic carbocycles. The maximum atomic E-state index is 6.15. The Morgan fingerprint density at radius 1 is 1.33 bits per heavy atom. The van der Waals surface area contributed by atoms with E-state index in [-0.39, 0.29) is 0 Å². The van der Waals surface area contributed by atoms with Crippen molar-refractivity contribution in [3.05, 3.63) is 40.7 Å². The van der Waals surface area contributed by atoms with E-state index < -0.39 is 0 Å². The number of hydrogen-bond donors (Lipinski definition) is 1. The van der Waals surface area contributed by atoms with Crippen molar-refractivity contribution in [2.75, 3.05) is 12.4 Å². The molecule has 5 heteroatoms. The minimum atomic E-state index is 0.412. The van der Waals surface area contributed by atoms with E-state index in [1.807, 2.05) is 45.3 Å². The lowest BCUT2D eigenvalue weighted by Gasteiger charge is -2.08. The third-order valence-corrected chi connectivity index (χ3v) is 3.27. The normalized spacial score (nSPS) is 10.4. The second-order valence-electron chi connectivity index (χ2n) is 4.03. The SMILES string of the molecule is CNc1ccc(OCc2c(Cl)c(C)nn2C)cc1. The zero-order valence-corrected chi connectivity index (χ0v) is 11.5. The molecule has 0 saturated heterocycles. The molecular weight excluding hydrogens is 250 g/mol. The van der Waals surface area contributed by atoms with Crippen molar-refractivity contribution in [1.29, 1.82) is 0 Å². The van der Waals surface area contributed by atoms with Gasteiger partial charge in [-0.05, 0) is 31.2 Å². The van der Waals surface area contributed by atoms with E-state index in [4.69, 9.17) is 16.3 Å². The molecule has 0 atom stereocenters. The molecule has 0 fully saturated rings. The summed E-state index contributed by atoms with van der Waals surface area (Å²) in [6, 6.07) is 7.77. The number of aryl methyl sites for hydroxylation is 2. The van der Waals surface area contributed by atoms with Crippen molar-refractivity contribution in [2.45, 2.75) is 13.5 Å². The molecular formula is C13H16ClN3O. The van der Waals surface area contributed by atoms with E-state index in [1.165, 1.54) is 0 Å². The van der Waals surface area contributed by atoms with Gasteiger partial charge in [0.05, 0.1) is 16.4 Å². The van der Waals surface area contributed by atoms with Crippen molar-refractivity contribution in [1.82, 2.24) is 9.78 Å². The first-order chi connectivity index (χ1) is 8.61. The summed E-state index contributed by atoms with van der Waals surface area (Å²) < 4.78 is 7.44. The molecule has 2 aromatic rings. The molecule has 4 nitrogen and oxygen atoms in total. The third-order valence-electron chi connectivity index (χ3n) is 2.78. The summed E-state index contributed by atoms with van der Waals surface area (Å²) >= 11 is 6.15. The van der Waals surface area contributed by atoms with Crippen molar-refractivity contribution in [3.63, 3.8) is 0 Å². The van der Waals surface area contributed by atoms with Crippen LogP contribution in [0, 0.1) is 6.92 Å². The summed E-state index contributed by atoms with van der Waals surface area (Å²) in [6.07, 6.45) is 0. The Kier molecular flexibility index (Phi) is 3.77. The zero-order valence-electron chi connectivity index (χ0n) is 10.7. The van der Waals surface area contributed by atoms with Crippen LogP contribution in [0.4, 0.5) is 5.69 Å². The Morgan fingerprint density at radius 2 is 2.00 bits per heavy atom. The van der Waals surface area contributed by atoms with Crippen molar-refractivity contribution < 1.29 is 4.74 Å². The topological polar surface area (TPSA) is 39.1 Å². The van der Waals surface area contributed by atoms with Gasteiger partial charge in [-0.15, -0.1) is 0 Å². The van der Waals surface area contributed by atoms with Crippen LogP contribution in [0.25, 0.3) is 0 Å². The van der Waals surface area contributed by atoms with E-state index in [2.05, 4.69) is 10.4 Å². The Bertz CT molecular complexity index is 534. The van der Waals surface area contributed by atoms with Gasteiger partial charge in [0.1, 0.15) is 12.4 Å². The van der Waals surface area contributed by atoms with E-state index in [0.29, 0.717) is 11.6 Å². The Balaban J connectivity index is 2.06. The first-order valence-corrected chi connectivity index (χ1v) is 6.08. The zero-order chi connectivity index (χ0) is 13.1. The number of rotatable bonds is 4. The quantitative estimate of drug-likeness (QED) is 0.924. The second kappa shape index (κ2) is 5.31. The van der Waals surface area contributed by atoms with Gasteiger partial charge in [0.2, 0.25) is 0 Å². The second-order valence-corrected chi connectivity index (χ2v) is 4.41. The van der Waals surface area contributed by atoms with Crippen LogP contribution >= 0.6 is 11.6 Å². The van der Waals surface area contributed by atoms with Crippen LogP contribution in [0.15, 0.2) is 24.3 Å². The molecule has 1 N–H and O–H groups in total. The first-order valence-electron chi connectivity index (χ1n) is 5.70. The minimum absolute atomic E-state index is 0.412. The summed E-state index contributed by atoms with van der Waals surface area (Å²) in [5.74, 6) is 0.809. The van der Waals surface area contributed by atoms with Crippen LogP contribution in [0.1, 0.15) is 11.4 Å². The molecule has 96 valence electrons. The van der Waals surface area contributed by atoms with Gasteiger partial charge in [-0.25, -0.2) is 0 Å². The fraction of sp³-hybridized carbons (Fsp3) is 0.308. The highest BCUT2D eigenvalue weighted by Crippen LogP contribution is 2.22. The van der Waals surface area contributed by atoms with Gasteiger partial charge in [0, 0.05) is 19.8 Å². The third kappa shape index (κ3) is 2.59. The Labute approximate surface area is 112 Å². The van der Waals surface area contributed by atoms with Crippen molar-refractivity contribution >= 4 is 17.3 Å². The number of halogens is 1. The van der Waals surface area contributed by atoms with Crippen LogP contribution < -0.4 is 10.1 Å². The smallest absolute Gasteiger partial charge is 0.131 e. The van der Waals surface area contributed by atoms with Gasteiger partial charge in [0.25, 0.3) is 0 Å².